The van der Waals surface area contributed by atoms with Gasteiger partial charge in [0, 0.05) is 11.5 Å². The fourth-order valence-corrected chi connectivity index (χ4v) is 2.94. The number of methoxy groups -OCH3 is 1. The summed E-state index contributed by atoms with van der Waals surface area (Å²) >= 11 is 0. The molecule has 1 fully saturated rings. The van der Waals surface area contributed by atoms with Crippen molar-refractivity contribution in [3.8, 4) is 5.75 Å². The van der Waals surface area contributed by atoms with E-state index in [0.717, 1.165) is 37.2 Å². The van der Waals surface area contributed by atoms with Gasteiger partial charge in [0.2, 0.25) is 5.89 Å². The van der Waals surface area contributed by atoms with E-state index in [9.17, 15) is 4.79 Å². The number of ether oxygens (including phenoxy) is 1. The summed E-state index contributed by atoms with van der Waals surface area (Å²) in [4.78, 5) is 19.0. The van der Waals surface area contributed by atoms with E-state index in [2.05, 4.69) is 15.0 Å². The van der Waals surface area contributed by atoms with Crippen LogP contribution in [0.3, 0.4) is 0 Å². The molecule has 122 valence electrons. The number of carbonyl (C=O) groups is 1. The molecule has 23 heavy (non-hydrogen) atoms. The lowest BCUT2D eigenvalue weighted by Crippen LogP contribution is -2.36. The number of likely N-dealkylation sites (tertiary alicyclic amines) is 1. The summed E-state index contributed by atoms with van der Waals surface area (Å²) in [5.74, 6) is 2.38. The Bertz CT molecular complexity index is 658. The molecule has 2 aromatic rings. The zero-order valence-corrected chi connectivity index (χ0v) is 13.5. The molecule has 1 aliphatic heterocycles. The molecule has 1 aromatic carbocycles. The van der Waals surface area contributed by atoms with Crippen LogP contribution in [0.5, 0.6) is 5.75 Å². The van der Waals surface area contributed by atoms with Crippen molar-refractivity contribution in [1.82, 2.24) is 15.0 Å². The van der Waals surface area contributed by atoms with Crippen LogP contribution in [0.15, 0.2) is 28.8 Å². The van der Waals surface area contributed by atoms with Crippen LogP contribution in [0, 0.1) is 12.8 Å². The van der Waals surface area contributed by atoms with Gasteiger partial charge >= 0.3 is 0 Å². The first-order valence-corrected chi connectivity index (χ1v) is 7.85. The standard InChI is InChI=1S/C17H21N3O3/c1-12-18-16(23-19-12)11-20-9-7-14(8-10-20)17(21)13-3-5-15(22-2)6-4-13/h3-6,14H,7-11H2,1-2H3. The van der Waals surface area contributed by atoms with E-state index >= 15 is 0 Å². The van der Waals surface area contributed by atoms with Crippen molar-refractivity contribution in [2.45, 2.75) is 26.3 Å². The zero-order valence-electron chi connectivity index (χ0n) is 13.5. The maximum Gasteiger partial charge on any atom is 0.240 e. The minimum absolute atomic E-state index is 0.0871. The molecule has 1 saturated heterocycles. The number of rotatable bonds is 5. The number of Topliss-reactive ketones (excluding diaryl/α,β-unsaturated/α-hetero) is 1. The highest BCUT2D eigenvalue weighted by atomic mass is 16.5. The number of piperidine rings is 1. The number of hydrogen-bond donors (Lipinski definition) is 0. The normalized spacial score (nSPS) is 16.4. The zero-order chi connectivity index (χ0) is 16.2. The van der Waals surface area contributed by atoms with Crippen LogP contribution in [-0.4, -0.2) is 41.0 Å². The Morgan fingerprint density at radius 2 is 2.00 bits per heavy atom. The van der Waals surface area contributed by atoms with Crippen LogP contribution in [0.2, 0.25) is 0 Å². The summed E-state index contributed by atoms with van der Waals surface area (Å²) in [7, 11) is 1.62. The quantitative estimate of drug-likeness (QED) is 0.790. The lowest BCUT2D eigenvalue weighted by atomic mass is 9.89. The smallest absolute Gasteiger partial charge is 0.240 e. The van der Waals surface area contributed by atoms with Gasteiger partial charge in [-0.2, -0.15) is 4.98 Å². The molecule has 2 heterocycles. The molecule has 6 heteroatoms. The molecule has 0 aliphatic carbocycles. The van der Waals surface area contributed by atoms with Crippen LogP contribution in [0.25, 0.3) is 0 Å². The van der Waals surface area contributed by atoms with Crippen molar-refractivity contribution >= 4 is 5.78 Å². The lowest BCUT2D eigenvalue weighted by Gasteiger charge is -2.30. The van der Waals surface area contributed by atoms with Gasteiger partial charge in [-0.25, -0.2) is 0 Å². The minimum Gasteiger partial charge on any atom is -0.497 e. The molecule has 0 radical (unpaired) electrons. The Kier molecular flexibility index (Phi) is 4.71. The van der Waals surface area contributed by atoms with E-state index in [1.165, 1.54) is 0 Å². The van der Waals surface area contributed by atoms with Gasteiger partial charge < -0.3 is 9.26 Å². The van der Waals surface area contributed by atoms with Crippen molar-refractivity contribution in [1.29, 1.82) is 0 Å². The second-order valence-corrected chi connectivity index (χ2v) is 5.88. The molecule has 0 unspecified atom stereocenters. The third-order valence-electron chi connectivity index (χ3n) is 4.26. The predicted octanol–water partition coefficient (Wildman–Crippen LogP) is 2.48. The number of aromatic nitrogens is 2. The Morgan fingerprint density at radius 1 is 1.30 bits per heavy atom. The first kappa shape index (κ1) is 15.7. The van der Waals surface area contributed by atoms with Gasteiger partial charge in [0.1, 0.15) is 5.75 Å². The van der Waals surface area contributed by atoms with Crippen LogP contribution in [0.1, 0.15) is 34.9 Å². The summed E-state index contributed by atoms with van der Waals surface area (Å²) < 4.78 is 10.3. The summed E-state index contributed by atoms with van der Waals surface area (Å²) in [5, 5.41) is 3.80. The fourth-order valence-electron chi connectivity index (χ4n) is 2.94. The average molecular weight is 315 g/mol. The molecule has 0 atom stereocenters. The topological polar surface area (TPSA) is 68.5 Å². The van der Waals surface area contributed by atoms with Crippen molar-refractivity contribution < 1.29 is 14.1 Å². The summed E-state index contributed by atoms with van der Waals surface area (Å²) in [6.07, 6.45) is 1.72. The van der Waals surface area contributed by atoms with Gasteiger partial charge in [-0.05, 0) is 57.1 Å². The highest BCUT2D eigenvalue weighted by molar-refractivity contribution is 5.98. The van der Waals surface area contributed by atoms with Crippen molar-refractivity contribution in [2.24, 2.45) is 5.92 Å². The molecule has 0 bridgehead atoms. The SMILES string of the molecule is COc1ccc(C(=O)C2CCN(Cc3nc(C)no3)CC2)cc1. The van der Waals surface area contributed by atoms with E-state index < -0.39 is 0 Å². The van der Waals surface area contributed by atoms with E-state index in [0.29, 0.717) is 18.3 Å². The molecule has 0 N–H and O–H groups in total. The Labute approximate surface area is 135 Å². The molecular formula is C17H21N3O3. The van der Waals surface area contributed by atoms with Crippen molar-refractivity contribution in [3.05, 3.63) is 41.5 Å². The van der Waals surface area contributed by atoms with Gasteiger partial charge in [-0.3, -0.25) is 9.69 Å². The van der Waals surface area contributed by atoms with Crippen LogP contribution < -0.4 is 4.74 Å². The molecule has 0 saturated carbocycles. The number of carbonyl (C=O) groups excluding carboxylic acids is 1. The van der Waals surface area contributed by atoms with E-state index in [1.807, 2.05) is 31.2 Å². The number of hydrogen-bond acceptors (Lipinski definition) is 6. The predicted molar refractivity (Wildman–Crippen MR) is 84.4 cm³/mol. The van der Waals surface area contributed by atoms with Crippen molar-refractivity contribution in [3.63, 3.8) is 0 Å². The van der Waals surface area contributed by atoms with Crippen LogP contribution in [-0.2, 0) is 6.54 Å². The van der Waals surface area contributed by atoms with Crippen molar-refractivity contribution in [2.75, 3.05) is 20.2 Å². The van der Waals surface area contributed by atoms with Gasteiger partial charge in [0.25, 0.3) is 0 Å². The largest absolute Gasteiger partial charge is 0.497 e. The third kappa shape index (κ3) is 3.76. The van der Waals surface area contributed by atoms with Gasteiger partial charge in [-0.15, -0.1) is 0 Å². The molecule has 6 nitrogen and oxygen atoms in total. The first-order valence-electron chi connectivity index (χ1n) is 7.85. The number of nitrogens with zero attached hydrogens (tertiary/aromatic N) is 3. The summed E-state index contributed by atoms with van der Waals surface area (Å²) in [6, 6.07) is 7.35. The maximum atomic E-state index is 12.6. The first-order chi connectivity index (χ1) is 11.2. The average Bonchev–Trinajstić information content (AvgIpc) is 3.00. The number of ketones is 1. The Hall–Kier alpha value is -2.21. The summed E-state index contributed by atoms with van der Waals surface area (Å²) in [5.41, 5.74) is 0.761. The van der Waals surface area contributed by atoms with E-state index in [-0.39, 0.29) is 11.7 Å². The van der Waals surface area contributed by atoms with Gasteiger partial charge in [0.15, 0.2) is 11.6 Å². The van der Waals surface area contributed by atoms with Crippen LogP contribution >= 0.6 is 0 Å². The molecule has 3 rings (SSSR count). The highest BCUT2D eigenvalue weighted by Crippen LogP contribution is 2.23. The van der Waals surface area contributed by atoms with E-state index in [4.69, 9.17) is 9.26 Å². The maximum absolute atomic E-state index is 12.6. The van der Waals surface area contributed by atoms with Gasteiger partial charge in [-0.1, -0.05) is 5.16 Å². The third-order valence-corrected chi connectivity index (χ3v) is 4.26. The molecule has 0 amide bonds. The van der Waals surface area contributed by atoms with Gasteiger partial charge in [0.05, 0.1) is 13.7 Å². The Balaban J connectivity index is 1.54. The Morgan fingerprint density at radius 3 is 2.57 bits per heavy atom. The fraction of sp³-hybridized carbons (Fsp3) is 0.471. The minimum atomic E-state index is 0.0871. The molecular weight excluding hydrogens is 294 g/mol. The molecule has 1 aliphatic rings. The second kappa shape index (κ2) is 6.91. The molecule has 0 spiro atoms. The number of benzene rings is 1. The van der Waals surface area contributed by atoms with E-state index in [1.54, 1.807) is 7.11 Å². The van der Waals surface area contributed by atoms with Crippen LogP contribution in [0.4, 0.5) is 0 Å². The lowest BCUT2D eigenvalue weighted by molar-refractivity contribution is 0.0825. The molecule has 1 aromatic heterocycles. The monoisotopic (exact) mass is 315 g/mol. The highest BCUT2D eigenvalue weighted by Gasteiger charge is 2.26. The number of aryl methyl sites for hydroxylation is 1. The summed E-state index contributed by atoms with van der Waals surface area (Å²) in [6.45, 7) is 4.21. The second-order valence-electron chi connectivity index (χ2n) is 5.88.